The number of nitrogens with zero attached hydrogens (tertiary/aromatic N) is 4. The van der Waals surface area contributed by atoms with E-state index in [4.69, 9.17) is 9.26 Å². The molecule has 0 unspecified atom stereocenters. The second kappa shape index (κ2) is 8.93. The molecule has 3 aromatic heterocycles. The number of fused-ring (bicyclic) bond motifs is 1. The quantitative estimate of drug-likeness (QED) is 0.496. The number of nitrogens with one attached hydrogen (secondary N) is 1. The molecule has 0 bridgehead atoms. The minimum atomic E-state index is -0.303. The summed E-state index contributed by atoms with van der Waals surface area (Å²) in [7, 11) is 1.62. The van der Waals surface area contributed by atoms with Crippen molar-refractivity contribution in [2.75, 3.05) is 19.0 Å². The Kier molecular flexibility index (Phi) is 6.36. The van der Waals surface area contributed by atoms with Crippen molar-refractivity contribution in [1.82, 2.24) is 20.1 Å². The summed E-state index contributed by atoms with van der Waals surface area (Å²) in [6.45, 7) is 2.40. The number of methoxy groups -OCH3 is 1. The zero-order valence-corrected chi connectivity index (χ0v) is 16.7. The predicted octanol–water partition coefficient (Wildman–Crippen LogP) is 4.48. The molecule has 0 atom stereocenters. The van der Waals surface area contributed by atoms with Crippen LogP contribution in [0.15, 0.2) is 47.1 Å². The highest BCUT2D eigenvalue weighted by molar-refractivity contribution is 5.98. The van der Waals surface area contributed by atoms with Gasteiger partial charge in [0.1, 0.15) is 5.82 Å². The molecule has 0 aliphatic heterocycles. The first-order chi connectivity index (χ1) is 13.6. The second-order valence-electron chi connectivity index (χ2n) is 6.26. The Labute approximate surface area is 172 Å². The van der Waals surface area contributed by atoms with E-state index in [1.54, 1.807) is 25.4 Å². The van der Waals surface area contributed by atoms with Crippen LogP contribution in [0.1, 0.15) is 11.5 Å². The summed E-state index contributed by atoms with van der Waals surface area (Å²) >= 11 is 0. The molecule has 0 fully saturated rings. The maximum absolute atomic E-state index is 13.3. The SMILES string of the molecule is COCCc1noc(-c2cnc3nc(C)ccc3c2Nc2ccc(F)cc2)n1.Cl. The minimum absolute atomic E-state index is 0. The highest BCUT2D eigenvalue weighted by Gasteiger charge is 2.17. The third kappa shape index (κ3) is 4.49. The maximum atomic E-state index is 13.3. The lowest BCUT2D eigenvalue weighted by atomic mass is 10.1. The summed E-state index contributed by atoms with van der Waals surface area (Å²) in [5.41, 5.74) is 3.52. The summed E-state index contributed by atoms with van der Waals surface area (Å²) in [5, 5.41) is 8.11. The molecule has 0 spiro atoms. The molecule has 4 aromatic rings. The number of anilines is 2. The van der Waals surface area contributed by atoms with E-state index in [2.05, 4.69) is 25.4 Å². The van der Waals surface area contributed by atoms with Gasteiger partial charge in [0.25, 0.3) is 5.89 Å². The van der Waals surface area contributed by atoms with Crippen molar-refractivity contribution < 1.29 is 13.7 Å². The van der Waals surface area contributed by atoms with Crippen LogP contribution < -0.4 is 5.32 Å². The average Bonchev–Trinajstić information content (AvgIpc) is 3.16. The lowest BCUT2D eigenvalue weighted by molar-refractivity contribution is 0.199. The summed E-state index contributed by atoms with van der Waals surface area (Å²) < 4.78 is 23.8. The van der Waals surface area contributed by atoms with E-state index in [0.717, 1.165) is 16.8 Å². The van der Waals surface area contributed by atoms with E-state index in [-0.39, 0.29) is 18.2 Å². The van der Waals surface area contributed by atoms with Gasteiger partial charge in [-0.3, -0.25) is 0 Å². The van der Waals surface area contributed by atoms with Crippen LogP contribution in [0.3, 0.4) is 0 Å². The van der Waals surface area contributed by atoms with Gasteiger partial charge in [-0.1, -0.05) is 5.16 Å². The Bertz CT molecular complexity index is 1120. The van der Waals surface area contributed by atoms with Crippen molar-refractivity contribution in [2.45, 2.75) is 13.3 Å². The first kappa shape index (κ1) is 20.6. The molecule has 4 rings (SSSR count). The molecule has 1 aromatic carbocycles. The van der Waals surface area contributed by atoms with Gasteiger partial charge in [-0.25, -0.2) is 14.4 Å². The van der Waals surface area contributed by atoms with Crippen molar-refractivity contribution in [2.24, 2.45) is 0 Å². The summed E-state index contributed by atoms with van der Waals surface area (Å²) in [5.74, 6) is 0.583. The van der Waals surface area contributed by atoms with Gasteiger partial charge in [0.05, 0.1) is 17.9 Å². The fourth-order valence-electron chi connectivity index (χ4n) is 2.80. The van der Waals surface area contributed by atoms with Gasteiger partial charge in [0, 0.05) is 36.5 Å². The summed E-state index contributed by atoms with van der Waals surface area (Å²) in [6.07, 6.45) is 2.19. The van der Waals surface area contributed by atoms with Crippen LogP contribution in [0.5, 0.6) is 0 Å². The largest absolute Gasteiger partial charge is 0.384 e. The van der Waals surface area contributed by atoms with Crippen molar-refractivity contribution in [1.29, 1.82) is 0 Å². The molecule has 150 valence electrons. The molecule has 0 aliphatic carbocycles. The molecule has 29 heavy (non-hydrogen) atoms. The molecule has 9 heteroatoms. The second-order valence-corrected chi connectivity index (χ2v) is 6.26. The van der Waals surface area contributed by atoms with E-state index in [0.29, 0.717) is 41.6 Å². The fraction of sp³-hybridized carbons (Fsp3) is 0.200. The third-order valence-electron chi connectivity index (χ3n) is 4.21. The molecule has 1 N–H and O–H groups in total. The van der Waals surface area contributed by atoms with Crippen molar-refractivity contribution >= 4 is 34.8 Å². The third-order valence-corrected chi connectivity index (χ3v) is 4.21. The molecule has 0 amide bonds. The topological polar surface area (TPSA) is 86.0 Å². The standard InChI is InChI=1S/C20H18FN5O2.ClH/c1-12-3-8-15-18(24-14-6-4-13(21)5-7-14)16(11-22-19(15)23-12)20-25-17(26-28-20)9-10-27-2;/h3-8,11H,9-10H2,1-2H3,(H,22,23,24);1H. The zero-order valence-electron chi connectivity index (χ0n) is 15.8. The van der Waals surface area contributed by atoms with Crippen LogP contribution in [-0.2, 0) is 11.2 Å². The van der Waals surface area contributed by atoms with E-state index >= 15 is 0 Å². The molecule has 7 nitrogen and oxygen atoms in total. The van der Waals surface area contributed by atoms with Crippen molar-refractivity contribution in [3.05, 3.63) is 59.9 Å². The number of halogens is 2. The Hall–Kier alpha value is -3.10. The molecule has 0 aliphatic rings. The van der Waals surface area contributed by atoms with Gasteiger partial charge in [-0.05, 0) is 43.3 Å². The highest BCUT2D eigenvalue weighted by atomic mass is 35.5. The average molecular weight is 416 g/mol. The predicted molar refractivity (Wildman–Crippen MR) is 110 cm³/mol. The van der Waals surface area contributed by atoms with Gasteiger partial charge < -0.3 is 14.6 Å². The minimum Gasteiger partial charge on any atom is -0.384 e. The van der Waals surface area contributed by atoms with Crippen LogP contribution in [0, 0.1) is 12.7 Å². The van der Waals surface area contributed by atoms with Crippen LogP contribution in [0.2, 0.25) is 0 Å². The van der Waals surface area contributed by atoms with Crippen molar-refractivity contribution in [3.8, 4) is 11.5 Å². The number of benzene rings is 1. The lowest BCUT2D eigenvalue weighted by Gasteiger charge is -2.13. The van der Waals surface area contributed by atoms with Gasteiger partial charge in [-0.2, -0.15) is 4.98 Å². The Morgan fingerprint density at radius 2 is 1.90 bits per heavy atom. The lowest BCUT2D eigenvalue weighted by Crippen LogP contribution is -1.99. The van der Waals surface area contributed by atoms with Gasteiger partial charge in [0.2, 0.25) is 0 Å². The summed E-state index contributed by atoms with van der Waals surface area (Å²) in [4.78, 5) is 13.4. The van der Waals surface area contributed by atoms with Crippen LogP contribution in [0.4, 0.5) is 15.8 Å². The molecule has 3 heterocycles. The van der Waals surface area contributed by atoms with Gasteiger partial charge in [0.15, 0.2) is 11.5 Å². The number of aromatic nitrogens is 4. The maximum Gasteiger partial charge on any atom is 0.261 e. The summed E-state index contributed by atoms with van der Waals surface area (Å²) in [6, 6.07) is 9.94. The monoisotopic (exact) mass is 415 g/mol. The first-order valence-electron chi connectivity index (χ1n) is 8.75. The van der Waals surface area contributed by atoms with Crippen LogP contribution in [0.25, 0.3) is 22.5 Å². The number of pyridine rings is 2. The van der Waals surface area contributed by atoms with Crippen molar-refractivity contribution in [3.63, 3.8) is 0 Å². The van der Waals surface area contributed by atoms with Gasteiger partial charge in [-0.15, -0.1) is 12.4 Å². The number of rotatable bonds is 6. The Morgan fingerprint density at radius 1 is 1.10 bits per heavy atom. The number of hydrogen-bond donors (Lipinski definition) is 1. The smallest absolute Gasteiger partial charge is 0.261 e. The number of ether oxygens (including phenoxy) is 1. The van der Waals surface area contributed by atoms with E-state index in [1.807, 2.05) is 19.1 Å². The fourth-order valence-corrected chi connectivity index (χ4v) is 2.80. The molecule has 0 saturated heterocycles. The Balaban J connectivity index is 0.00000240. The zero-order chi connectivity index (χ0) is 19.5. The number of aryl methyl sites for hydroxylation is 1. The van der Waals surface area contributed by atoms with E-state index < -0.39 is 0 Å². The van der Waals surface area contributed by atoms with E-state index in [1.165, 1.54) is 12.1 Å². The van der Waals surface area contributed by atoms with Crippen LogP contribution >= 0.6 is 12.4 Å². The Morgan fingerprint density at radius 3 is 2.66 bits per heavy atom. The molecular weight excluding hydrogens is 397 g/mol. The first-order valence-corrected chi connectivity index (χ1v) is 8.75. The molecular formula is C20H19ClFN5O2. The number of hydrogen-bond acceptors (Lipinski definition) is 7. The molecule has 0 radical (unpaired) electrons. The van der Waals surface area contributed by atoms with Crippen LogP contribution in [-0.4, -0.2) is 33.8 Å². The highest BCUT2D eigenvalue weighted by Crippen LogP contribution is 2.34. The normalized spacial score (nSPS) is 10.7. The molecule has 0 saturated carbocycles. The van der Waals surface area contributed by atoms with E-state index in [9.17, 15) is 4.39 Å². The van der Waals surface area contributed by atoms with Gasteiger partial charge >= 0.3 is 0 Å².